The summed E-state index contributed by atoms with van der Waals surface area (Å²) in [5.74, 6) is 2.87. The quantitative estimate of drug-likeness (QED) is 0.620. The highest BCUT2D eigenvalue weighted by Crippen LogP contribution is 2.37. The predicted octanol–water partition coefficient (Wildman–Crippen LogP) is 2.55. The van der Waals surface area contributed by atoms with Crippen molar-refractivity contribution in [3.8, 4) is 12.3 Å². The second-order valence-electron chi connectivity index (χ2n) is 6.53. The molecule has 0 aliphatic heterocycles. The van der Waals surface area contributed by atoms with Crippen LogP contribution in [0.4, 0.5) is 0 Å². The molecule has 0 saturated carbocycles. The summed E-state index contributed by atoms with van der Waals surface area (Å²) in [4.78, 5) is 3.96. The fraction of sp³-hybridized carbons (Fsp3) is 0.692. The zero-order valence-corrected chi connectivity index (χ0v) is 13.2. The molecule has 1 heterocycles. The molecule has 1 atom stereocenters. The number of terminal acetylenes is 1. The summed E-state index contributed by atoms with van der Waals surface area (Å²) in [6.45, 7) is 13.3. The summed E-state index contributed by atoms with van der Waals surface area (Å²) in [5.41, 5.74) is -0.834. The van der Waals surface area contributed by atoms with Crippen molar-refractivity contribution >= 4 is 8.32 Å². The molecule has 4 nitrogen and oxygen atoms in total. The van der Waals surface area contributed by atoms with E-state index in [2.05, 4.69) is 56.4 Å². The summed E-state index contributed by atoms with van der Waals surface area (Å²) in [7, 11) is -1.76. The molecule has 0 radical (unpaired) electrons. The van der Waals surface area contributed by atoms with Gasteiger partial charge in [-0.05, 0) is 19.6 Å². The van der Waals surface area contributed by atoms with Crippen molar-refractivity contribution in [1.82, 2.24) is 14.8 Å². The van der Waals surface area contributed by atoms with Gasteiger partial charge in [-0.1, -0.05) is 26.7 Å². The summed E-state index contributed by atoms with van der Waals surface area (Å²) in [5, 5.41) is 4.14. The van der Waals surface area contributed by atoms with Crippen LogP contribution < -0.4 is 0 Å². The van der Waals surface area contributed by atoms with Crippen molar-refractivity contribution < 1.29 is 4.43 Å². The van der Waals surface area contributed by atoms with Gasteiger partial charge in [-0.3, -0.25) is 0 Å². The van der Waals surface area contributed by atoms with Gasteiger partial charge in [-0.15, -0.1) is 6.42 Å². The average molecular weight is 265 g/mol. The Morgan fingerprint density at radius 1 is 1.33 bits per heavy atom. The highest BCUT2D eigenvalue weighted by molar-refractivity contribution is 6.69. The van der Waals surface area contributed by atoms with E-state index in [9.17, 15) is 0 Å². The minimum Gasteiger partial charge on any atom is -0.400 e. The molecule has 0 aliphatic rings. The summed E-state index contributed by atoms with van der Waals surface area (Å²) in [6.07, 6.45) is 8.99. The molecule has 0 N–H and O–H groups in total. The van der Waals surface area contributed by atoms with Crippen LogP contribution in [-0.4, -0.2) is 28.7 Å². The average Bonchev–Trinajstić information content (AvgIpc) is 2.65. The Morgan fingerprint density at radius 3 is 2.28 bits per heavy atom. The number of hydrogen-bond donors (Lipinski definition) is 0. The third-order valence-electron chi connectivity index (χ3n) is 2.78. The Kier molecular flexibility index (Phi) is 4.04. The first-order chi connectivity index (χ1) is 8.10. The van der Waals surface area contributed by atoms with Crippen molar-refractivity contribution in [2.24, 2.45) is 5.41 Å². The van der Waals surface area contributed by atoms with E-state index in [0.29, 0.717) is 6.54 Å². The SMILES string of the molecule is C#C[C@@](Cn1cncn1)(O[Si](C)(C)C)C(C)(C)C. The molecule has 0 unspecified atom stereocenters. The lowest BCUT2D eigenvalue weighted by Crippen LogP contribution is -2.53. The second kappa shape index (κ2) is 4.86. The summed E-state index contributed by atoms with van der Waals surface area (Å²) >= 11 is 0. The molecule has 0 spiro atoms. The molecule has 0 aliphatic carbocycles. The fourth-order valence-electron chi connectivity index (χ4n) is 1.78. The minimum absolute atomic E-state index is 0.173. The van der Waals surface area contributed by atoms with Gasteiger partial charge in [-0.25, -0.2) is 9.67 Å². The van der Waals surface area contributed by atoms with Gasteiger partial charge in [0.15, 0.2) is 8.32 Å². The monoisotopic (exact) mass is 265 g/mol. The van der Waals surface area contributed by atoms with Crippen LogP contribution in [0.1, 0.15) is 20.8 Å². The lowest BCUT2D eigenvalue weighted by Gasteiger charge is -2.44. The van der Waals surface area contributed by atoms with Crippen LogP contribution >= 0.6 is 0 Å². The van der Waals surface area contributed by atoms with E-state index in [1.54, 1.807) is 11.0 Å². The molecule has 100 valence electrons. The highest BCUT2D eigenvalue weighted by Gasteiger charge is 2.45. The van der Waals surface area contributed by atoms with E-state index >= 15 is 0 Å². The normalized spacial score (nSPS) is 16.1. The number of rotatable bonds is 4. The largest absolute Gasteiger partial charge is 0.400 e. The van der Waals surface area contributed by atoms with Gasteiger partial charge in [0.25, 0.3) is 0 Å². The molecule has 0 fully saturated rings. The number of aromatic nitrogens is 3. The van der Waals surface area contributed by atoms with Crippen LogP contribution in [0.2, 0.25) is 19.6 Å². The third-order valence-corrected chi connectivity index (χ3v) is 3.74. The molecule has 0 saturated heterocycles. The first kappa shape index (κ1) is 14.9. The molecule has 0 aromatic carbocycles. The first-order valence-corrected chi connectivity index (χ1v) is 9.51. The third kappa shape index (κ3) is 3.44. The fourth-order valence-corrected chi connectivity index (χ4v) is 3.25. The second-order valence-corrected chi connectivity index (χ2v) is 11.0. The van der Waals surface area contributed by atoms with Crippen LogP contribution in [0.3, 0.4) is 0 Å². The van der Waals surface area contributed by atoms with Gasteiger partial charge in [-0.2, -0.15) is 5.10 Å². The lowest BCUT2D eigenvalue weighted by molar-refractivity contribution is -0.00456. The first-order valence-electron chi connectivity index (χ1n) is 6.10. The Balaban J connectivity index is 3.12. The zero-order valence-electron chi connectivity index (χ0n) is 12.2. The van der Waals surface area contributed by atoms with Gasteiger partial charge < -0.3 is 4.43 Å². The molecular formula is C13H23N3OSi. The summed E-state index contributed by atoms with van der Waals surface area (Å²) in [6, 6.07) is 0. The molecule has 5 heteroatoms. The van der Waals surface area contributed by atoms with Crippen molar-refractivity contribution in [3.05, 3.63) is 12.7 Å². The topological polar surface area (TPSA) is 39.9 Å². The van der Waals surface area contributed by atoms with E-state index in [1.165, 1.54) is 6.33 Å². The van der Waals surface area contributed by atoms with Crippen LogP contribution in [0.5, 0.6) is 0 Å². The molecular weight excluding hydrogens is 242 g/mol. The van der Waals surface area contributed by atoms with E-state index in [0.717, 1.165) is 0 Å². The lowest BCUT2D eigenvalue weighted by atomic mass is 9.77. The number of nitrogens with zero attached hydrogens (tertiary/aromatic N) is 3. The van der Waals surface area contributed by atoms with Crippen molar-refractivity contribution in [2.45, 2.75) is 52.6 Å². The summed E-state index contributed by atoms with van der Waals surface area (Å²) < 4.78 is 8.07. The van der Waals surface area contributed by atoms with Gasteiger partial charge in [0.1, 0.15) is 18.3 Å². The molecule has 0 bridgehead atoms. The van der Waals surface area contributed by atoms with Gasteiger partial charge in [0.05, 0.1) is 6.54 Å². The Labute approximate surface area is 111 Å². The molecule has 0 amide bonds. The van der Waals surface area contributed by atoms with E-state index in [1.807, 2.05) is 0 Å². The predicted molar refractivity (Wildman–Crippen MR) is 75.5 cm³/mol. The van der Waals surface area contributed by atoms with Crippen LogP contribution in [0.15, 0.2) is 12.7 Å². The van der Waals surface area contributed by atoms with Crippen LogP contribution in [0.25, 0.3) is 0 Å². The maximum absolute atomic E-state index is 6.33. The van der Waals surface area contributed by atoms with E-state index in [4.69, 9.17) is 10.8 Å². The Morgan fingerprint density at radius 2 is 1.94 bits per heavy atom. The van der Waals surface area contributed by atoms with Gasteiger partial charge >= 0.3 is 0 Å². The molecule has 1 rings (SSSR count). The van der Waals surface area contributed by atoms with Crippen molar-refractivity contribution in [1.29, 1.82) is 0 Å². The standard InChI is InChI=1S/C13H23N3OSi/c1-8-13(12(2,3)4,17-18(5,6)7)9-16-11-14-10-15-16/h1,10-11H,9H2,2-7H3/t13-/m0/s1. The van der Waals surface area contributed by atoms with E-state index in [-0.39, 0.29) is 5.41 Å². The smallest absolute Gasteiger partial charge is 0.185 e. The highest BCUT2D eigenvalue weighted by atomic mass is 28.4. The van der Waals surface area contributed by atoms with Gasteiger partial charge in [0.2, 0.25) is 0 Å². The van der Waals surface area contributed by atoms with Crippen LogP contribution in [0, 0.1) is 17.8 Å². The zero-order chi connectivity index (χ0) is 14.0. The molecule has 1 aromatic rings. The molecule has 18 heavy (non-hydrogen) atoms. The maximum atomic E-state index is 6.33. The Hall–Kier alpha value is -1.12. The van der Waals surface area contributed by atoms with Crippen molar-refractivity contribution in [2.75, 3.05) is 0 Å². The van der Waals surface area contributed by atoms with E-state index < -0.39 is 13.9 Å². The number of hydrogen-bond acceptors (Lipinski definition) is 3. The molecule has 1 aromatic heterocycles. The Bertz CT molecular complexity index is 423. The van der Waals surface area contributed by atoms with Crippen molar-refractivity contribution in [3.63, 3.8) is 0 Å². The maximum Gasteiger partial charge on any atom is 0.185 e. The van der Waals surface area contributed by atoms with Crippen LogP contribution in [-0.2, 0) is 11.0 Å². The van der Waals surface area contributed by atoms with Gasteiger partial charge in [0, 0.05) is 5.41 Å². The minimum atomic E-state index is -1.76.